The molecule has 0 aliphatic heterocycles. The predicted molar refractivity (Wildman–Crippen MR) is 199 cm³/mol. The van der Waals surface area contributed by atoms with Gasteiger partial charge in [-0.25, -0.2) is 0 Å². The van der Waals surface area contributed by atoms with Crippen LogP contribution < -0.4 is 9.47 Å². The lowest BCUT2D eigenvalue weighted by Crippen LogP contribution is -2.27. The molecule has 0 aliphatic carbocycles. The lowest BCUT2D eigenvalue weighted by Gasteiger charge is -2.18. The molecule has 238 valence electrons. The van der Waals surface area contributed by atoms with E-state index in [1.54, 1.807) is 0 Å². The average molecular weight is 613 g/mol. The molecule has 0 bridgehead atoms. The van der Waals surface area contributed by atoms with Gasteiger partial charge in [0.1, 0.15) is 24.7 Å². The molecule has 5 rings (SSSR count). The monoisotopic (exact) mass is 612 g/mol. The molecule has 0 aromatic heterocycles. The van der Waals surface area contributed by atoms with Crippen LogP contribution in [0.5, 0.6) is 11.5 Å². The predicted octanol–water partition coefficient (Wildman–Crippen LogP) is 9.78. The van der Waals surface area contributed by atoms with Crippen molar-refractivity contribution in [2.75, 3.05) is 52.5 Å². The van der Waals surface area contributed by atoms with Crippen molar-refractivity contribution in [2.45, 2.75) is 27.7 Å². The van der Waals surface area contributed by atoms with Crippen LogP contribution in [-0.2, 0) is 0 Å². The third-order valence-electron chi connectivity index (χ3n) is 8.80. The number of likely N-dealkylation sites (N-methyl/N-ethyl adjacent to an activating group) is 2. The molecule has 0 radical (unpaired) electrons. The van der Waals surface area contributed by atoms with Crippen molar-refractivity contribution in [2.24, 2.45) is 0 Å². The van der Waals surface area contributed by atoms with E-state index in [9.17, 15) is 0 Å². The minimum absolute atomic E-state index is 0.701. The second-order valence-corrected chi connectivity index (χ2v) is 11.5. The Labute approximate surface area is 275 Å². The zero-order chi connectivity index (χ0) is 32.1. The van der Waals surface area contributed by atoms with Gasteiger partial charge in [-0.1, -0.05) is 125 Å². The molecule has 0 aliphatic rings. The minimum Gasteiger partial charge on any atom is -0.492 e. The van der Waals surface area contributed by atoms with Gasteiger partial charge in [0, 0.05) is 13.1 Å². The van der Waals surface area contributed by atoms with E-state index in [0.29, 0.717) is 13.2 Å². The zero-order valence-electron chi connectivity index (χ0n) is 27.9. The summed E-state index contributed by atoms with van der Waals surface area (Å²) in [5, 5.41) is 4.96. The molecule has 0 unspecified atom stereocenters. The lowest BCUT2D eigenvalue weighted by atomic mass is 9.91. The molecule has 5 aromatic rings. The molecule has 0 heterocycles. The highest BCUT2D eigenvalue weighted by Gasteiger charge is 2.11. The maximum absolute atomic E-state index is 6.00. The molecule has 4 nitrogen and oxygen atoms in total. The van der Waals surface area contributed by atoms with E-state index in [1.165, 1.54) is 32.7 Å². The number of ether oxygens (including phenoxy) is 2. The van der Waals surface area contributed by atoms with Gasteiger partial charge in [0.2, 0.25) is 0 Å². The highest BCUT2D eigenvalue weighted by molar-refractivity contribution is 6.14. The quantitative estimate of drug-likeness (QED) is 0.0818. The third-order valence-corrected chi connectivity index (χ3v) is 8.80. The van der Waals surface area contributed by atoms with Gasteiger partial charge < -0.3 is 19.3 Å². The number of rotatable bonds is 16. The molecule has 5 aromatic carbocycles. The van der Waals surface area contributed by atoms with Gasteiger partial charge in [-0.05, 0) is 94.2 Å². The fraction of sp³-hybridized carbons (Fsp3) is 0.286. The topological polar surface area (TPSA) is 24.9 Å². The molecule has 0 N–H and O–H groups in total. The van der Waals surface area contributed by atoms with Gasteiger partial charge >= 0.3 is 0 Å². The van der Waals surface area contributed by atoms with E-state index in [4.69, 9.17) is 9.47 Å². The van der Waals surface area contributed by atoms with Crippen LogP contribution in [0.4, 0.5) is 0 Å². The van der Waals surface area contributed by atoms with Crippen LogP contribution in [0, 0.1) is 0 Å². The summed E-state index contributed by atoms with van der Waals surface area (Å²) in [7, 11) is 0. The normalized spacial score (nSPS) is 12.0. The Kier molecular flexibility index (Phi) is 12.0. The standard InChI is InChI=1S/C42H48N2O2/c1-5-43(6-2)29-31-45-35-23-17-33(18-24-35)21-27-41-37-13-9-11-15-39(37)42(40-16-12-10-14-38(40)41)28-22-34-19-25-36(26-20-34)46-32-30-44(7-3)8-4/h9-28H,5-8,29-32H2,1-4H3/b27-21+,28-22+. The average Bonchev–Trinajstić information content (AvgIpc) is 3.11. The van der Waals surface area contributed by atoms with Crippen molar-refractivity contribution in [3.05, 3.63) is 119 Å². The summed E-state index contributed by atoms with van der Waals surface area (Å²) >= 11 is 0. The van der Waals surface area contributed by atoms with E-state index in [2.05, 4.69) is 159 Å². The Bertz CT molecular complexity index is 1540. The number of benzene rings is 5. The summed E-state index contributed by atoms with van der Waals surface area (Å²) in [4.78, 5) is 4.74. The maximum atomic E-state index is 6.00. The molecular formula is C42H48N2O2. The first kappa shape index (κ1) is 33.0. The smallest absolute Gasteiger partial charge is 0.119 e. The van der Waals surface area contributed by atoms with Crippen LogP contribution >= 0.6 is 0 Å². The van der Waals surface area contributed by atoms with E-state index < -0.39 is 0 Å². The molecule has 0 spiro atoms. The maximum Gasteiger partial charge on any atom is 0.119 e. The summed E-state index contributed by atoms with van der Waals surface area (Å²) in [5.74, 6) is 1.82. The van der Waals surface area contributed by atoms with Crippen molar-refractivity contribution < 1.29 is 9.47 Å². The summed E-state index contributed by atoms with van der Waals surface area (Å²) in [5.41, 5.74) is 4.76. The summed E-state index contributed by atoms with van der Waals surface area (Å²) < 4.78 is 12.0. The Morgan fingerprint density at radius 3 is 1.07 bits per heavy atom. The fourth-order valence-electron chi connectivity index (χ4n) is 5.93. The van der Waals surface area contributed by atoms with Gasteiger partial charge in [0.25, 0.3) is 0 Å². The van der Waals surface area contributed by atoms with E-state index in [-0.39, 0.29) is 0 Å². The number of hydrogen-bond donors (Lipinski definition) is 0. The van der Waals surface area contributed by atoms with Crippen molar-refractivity contribution in [3.63, 3.8) is 0 Å². The summed E-state index contributed by atoms with van der Waals surface area (Å²) in [6, 6.07) is 34.2. The lowest BCUT2D eigenvalue weighted by molar-refractivity contribution is 0.223. The highest BCUT2D eigenvalue weighted by Crippen LogP contribution is 2.35. The number of fused-ring (bicyclic) bond motifs is 2. The first-order valence-electron chi connectivity index (χ1n) is 16.8. The van der Waals surface area contributed by atoms with Gasteiger partial charge in [0.05, 0.1) is 0 Å². The van der Waals surface area contributed by atoms with E-state index in [0.717, 1.165) is 61.9 Å². The molecular weight excluding hydrogens is 564 g/mol. The van der Waals surface area contributed by atoms with Crippen LogP contribution in [0.25, 0.3) is 45.8 Å². The van der Waals surface area contributed by atoms with Crippen LogP contribution in [0.15, 0.2) is 97.1 Å². The van der Waals surface area contributed by atoms with Crippen LogP contribution in [0.1, 0.15) is 49.9 Å². The Hall–Kier alpha value is -4.38. The second-order valence-electron chi connectivity index (χ2n) is 11.5. The van der Waals surface area contributed by atoms with Gasteiger partial charge in [-0.2, -0.15) is 0 Å². The molecule has 0 atom stereocenters. The summed E-state index contributed by atoms with van der Waals surface area (Å²) in [6.45, 7) is 16.2. The van der Waals surface area contributed by atoms with Gasteiger partial charge in [0.15, 0.2) is 0 Å². The number of nitrogens with zero attached hydrogens (tertiary/aromatic N) is 2. The van der Waals surface area contributed by atoms with Crippen LogP contribution in [0.3, 0.4) is 0 Å². The van der Waals surface area contributed by atoms with E-state index >= 15 is 0 Å². The molecule has 0 saturated carbocycles. The summed E-state index contributed by atoms with van der Waals surface area (Å²) in [6.07, 6.45) is 8.92. The third kappa shape index (κ3) is 8.45. The SMILES string of the molecule is CCN(CC)CCOc1ccc(/C=C/c2c3ccccc3c(/C=C/c3ccc(OCCN(CC)CC)cc3)c3ccccc23)cc1. The zero-order valence-corrected chi connectivity index (χ0v) is 27.9. The number of hydrogen-bond acceptors (Lipinski definition) is 4. The van der Waals surface area contributed by atoms with Crippen LogP contribution in [0.2, 0.25) is 0 Å². The second kappa shape index (κ2) is 16.8. The molecule has 0 fully saturated rings. The van der Waals surface area contributed by atoms with Crippen molar-refractivity contribution >= 4 is 45.8 Å². The first-order valence-corrected chi connectivity index (χ1v) is 16.8. The Morgan fingerprint density at radius 1 is 0.435 bits per heavy atom. The Morgan fingerprint density at radius 2 is 0.761 bits per heavy atom. The van der Waals surface area contributed by atoms with Gasteiger partial charge in [-0.3, -0.25) is 0 Å². The van der Waals surface area contributed by atoms with Crippen molar-refractivity contribution in [3.8, 4) is 11.5 Å². The highest BCUT2D eigenvalue weighted by atomic mass is 16.5. The molecule has 46 heavy (non-hydrogen) atoms. The van der Waals surface area contributed by atoms with E-state index in [1.807, 2.05) is 0 Å². The van der Waals surface area contributed by atoms with Crippen molar-refractivity contribution in [1.82, 2.24) is 9.80 Å². The first-order chi connectivity index (χ1) is 22.6. The molecule has 0 saturated heterocycles. The fourth-order valence-corrected chi connectivity index (χ4v) is 5.93. The van der Waals surface area contributed by atoms with Gasteiger partial charge in [-0.15, -0.1) is 0 Å². The molecule has 4 heteroatoms. The van der Waals surface area contributed by atoms with Crippen LogP contribution in [-0.4, -0.2) is 62.3 Å². The minimum atomic E-state index is 0.701. The Balaban J connectivity index is 1.36. The molecule has 0 amide bonds. The van der Waals surface area contributed by atoms with Crippen molar-refractivity contribution in [1.29, 1.82) is 0 Å². The largest absolute Gasteiger partial charge is 0.492 e.